The molecule has 166 valence electrons. The summed E-state index contributed by atoms with van der Waals surface area (Å²) >= 11 is 0. The molecular formula is C20H38O7S. The molecule has 0 spiro atoms. The normalized spacial score (nSPS) is 16.5. The van der Waals surface area contributed by atoms with Crippen LogP contribution in [0.15, 0.2) is 0 Å². The van der Waals surface area contributed by atoms with Gasteiger partial charge in [-0.05, 0) is 24.7 Å². The first kappa shape index (κ1) is 23.1. The zero-order valence-electron chi connectivity index (χ0n) is 19.6. The zero-order chi connectivity index (χ0) is 23.4. The molecule has 28 heavy (non-hydrogen) atoms. The van der Waals surface area contributed by atoms with Crippen molar-refractivity contribution in [2.45, 2.75) is 90.7 Å². The van der Waals surface area contributed by atoms with Gasteiger partial charge >= 0.3 is 11.9 Å². The summed E-state index contributed by atoms with van der Waals surface area (Å²) in [6, 6.07) is 0. The van der Waals surface area contributed by atoms with Crippen LogP contribution in [-0.2, 0) is 29.2 Å². The van der Waals surface area contributed by atoms with E-state index in [0.29, 0.717) is 12.8 Å². The predicted molar refractivity (Wildman–Crippen MR) is 108 cm³/mol. The van der Waals surface area contributed by atoms with E-state index in [1.165, 1.54) is 0 Å². The first-order valence-electron chi connectivity index (χ1n) is 11.3. The fourth-order valence-electron chi connectivity index (χ4n) is 2.64. The van der Waals surface area contributed by atoms with Gasteiger partial charge in [0.25, 0.3) is 10.1 Å². The molecule has 0 saturated heterocycles. The molecule has 8 heteroatoms. The van der Waals surface area contributed by atoms with Crippen LogP contribution in [0.2, 0.25) is 0 Å². The van der Waals surface area contributed by atoms with Crippen LogP contribution in [0.25, 0.3) is 0 Å². The quantitative estimate of drug-likeness (QED) is 0.293. The molecule has 0 heterocycles. The second-order valence-electron chi connectivity index (χ2n) is 7.09. The van der Waals surface area contributed by atoms with Gasteiger partial charge in [0, 0.05) is 0 Å². The highest BCUT2D eigenvalue weighted by atomic mass is 32.2. The second-order valence-corrected chi connectivity index (χ2v) is 8.69. The van der Waals surface area contributed by atoms with Crippen molar-refractivity contribution in [2.24, 2.45) is 11.8 Å². The topological polar surface area (TPSA) is 107 Å². The Balaban J connectivity index is 5.08. The molecule has 0 fully saturated rings. The van der Waals surface area contributed by atoms with Crippen molar-refractivity contribution < 1.29 is 34.8 Å². The van der Waals surface area contributed by atoms with Crippen LogP contribution in [0, 0.1) is 11.8 Å². The highest BCUT2D eigenvalue weighted by molar-refractivity contribution is 7.87. The Hall–Kier alpha value is -1.15. The average molecular weight is 425 g/mol. The lowest BCUT2D eigenvalue weighted by Gasteiger charge is -2.18. The Morgan fingerprint density at radius 1 is 0.964 bits per heavy atom. The molecule has 0 bridgehead atoms. The van der Waals surface area contributed by atoms with Crippen molar-refractivity contribution in [3.8, 4) is 0 Å². The third-order valence-electron chi connectivity index (χ3n) is 4.72. The van der Waals surface area contributed by atoms with Crippen LogP contribution in [0.1, 0.15) is 88.2 Å². The maximum atomic E-state index is 12.3. The molecule has 3 atom stereocenters. The molecule has 7 nitrogen and oxygen atoms in total. The summed E-state index contributed by atoms with van der Waals surface area (Å²) in [5, 5.41) is -2.14. The highest BCUT2D eigenvalue weighted by Crippen LogP contribution is 2.17. The number of hydrogen-bond donors (Lipinski definition) is 1. The molecule has 0 aliphatic carbocycles. The summed E-state index contributed by atoms with van der Waals surface area (Å²) in [6.07, 6.45) is 5.01. The van der Waals surface area contributed by atoms with Crippen LogP contribution >= 0.6 is 0 Å². The lowest BCUT2D eigenvalue weighted by atomic mass is 10.0. The van der Waals surface area contributed by atoms with E-state index in [0.717, 1.165) is 38.5 Å². The largest absolute Gasteiger partial charge is 0.465 e. The first-order valence-corrected chi connectivity index (χ1v) is 11.8. The van der Waals surface area contributed by atoms with Crippen LogP contribution < -0.4 is 0 Å². The minimum absolute atomic E-state index is 0.00778. The SMILES string of the molecule is [2H]C([2H])(OC(=O)CC(C(=O)OCC(CC)CCCC)S(=O)(=O)O)C(CC)CCCC. The van der Waals surface area contributed by atoms with Gasteiger partial charge in [-0.3, -0.25) is 14.1 Å². The van der Waals surface area contributed by atoms with E-state index in [1.54, 1.807) is 6.92 Å². The smallest absolute Gasteiger partial charge is 0.327 e. The van der Waals surface area contributed by atoms with E-state index in [-0.39, 0.29) is 12.5 Å². The maximum Gasteiger partial charge on any atom is 0.327 e. The Labute approximate surface area is 173 Å². The van der Waals surface area contributed by atoms with Crippen molar-refractivity contribution in [1.29, 1.82) is 0 Å². The zero-order valence-corrected chi connectivity index (χ0v) is 18.4. The number of unbranched alkanes of at least 4 members (excludes halogenated alkanes) is 2. The summed E-state index contributed by atoms with van der Waals surface area (Å²) in [5.74, 6) is -2.95. The summed E-state index contributed by atoms with van der Waals surface area (Å²) in [7, 11) is -4.92. The Kier molecular flexibility index (Phi) is 12.2. The van der Waals surface area contributed by atoms with Gasteiger partial charge in [-0.15, -0.1) is 0 Å². The number of carbonyl (C=O) groups excluding carboxylic acids is 2. The van der Waals surface area contributed by atoms with Crippen LogP contribution in [0.5, 0.6) is 0 Å². The summed E-state index contributed by atoms with van der Waals surface area (Å²) in [6.45, 7) is 5.38. The molecule has 0 saturated carbocycles. The van der Waals surface area contributed by atoms with Crippen LogP contribution in [-0.4, -0.2) is 43.3 Å². The fourth-order valence-corrected chi connectivity index (χ4v) is 3.30. The van der Waals surface area contributed by atoms with Gasteiger partial charge in [-0.1, -0.05) is 66.2 Å². The van der Waals surface area contributed by atoms with Crippen LogP contribution in [0.4, 0.5) is 0 Å². The number of esters is 2. The van der Waals surface area contributed by atoms with Crippen molar-refractivity contribution in [2.75, 3.05) is 13.2 Å². The van der Waals surface area contributed by atoms with Gasteiger partial charge in [-0.25, -0.2) is 0 Å². The van der Waals surface area contributed by atoms with Gasteiger partial charge in [0.05, 0.1) is 22.3 Å². The van der Waals surface area contributed by atoms with Crippen molar-refractivity contribution in [3.63, 3.8) is 0 Å². The Bertz CT molecular complexity index is 623. The minimum Gasteiger partial charge on any atom is -0.465 e. The summed E-state index contributed by atoms with van der Waals surface area (Å²) in [5.41, 5.74) is 0. The molecule has 0 aromatic rings. The molecule has 0 aliphatic rings. The monoisotopic (exact) mass is 424 g/mol. The molecular weight excluding hydrogens is 384 g/mol. The maximum absolute atomic E-state index is 12.3. The molecule has 0 aromatic carbocycles. The second kappa shape index (κ2) is 14.8. The van der Waals surface area contributed by atoms with Gasteiger partial charge in [0.1, 0.15) is 0 Å². The molecule has 1 N–H and O–H groups in total. The summed E-state index contributed by atoms with van der Waals surface area (Å²) in [4.78, 5) is 24.5. The van der Waals surface area contributed by atoms with Crippen molar-refractivity contribution >= 4 is 22.1 Å². The minimum atomic E-state index is -4.92. The van der Waals surface area contributed by atoms with Crippen molar-refractivity contribution in [3.05, 3.63) is 0 Å². The molecule has 0 radical (unpaired) electrons. The third-order valence-corrected chi connectivity index (χ3v) is 5.80. The molecule has 0 aliphatic heterocycles. The summed E-state index contributed by atoms with van der Waals surface area (Å²) < 4.78 is 58.7. The number of carbonyl (C=O) groups is 2. The molecule has 0 amide bonds. The number of rotatable bonds is 16. The number of ether oxygens (including phenoxy) is 2. The first-order chi connectivity index (χ1) is 13.9. The van der Waals surface area contributed by atoms with E-state index >= 15 is 0 Å². The van der Waals surface area contributed by atoms with Crippen molar-refractivity contribution in [1.82, 2.24) is 0 Å². The van der Waals surface area contributed by atoms with Gasteiger partial charge in [0.2, 0.25) is 0 Å². The number of hydrogen-bond acceptors (Lipinski definition) is 6. The van der Waals surface area contributed by atoms with E-state index in [4.69, 9.17) is 12.2 Å². The lowest BCUT2D eigenvalue weighted by Crippen LogP contribution is -2.35. The molecule has 0 aromatic heterocycles. The van der Waals surface area contributed by atoms with E-state index in [9.17, 15) is 22.6 Å². The standard InChI is InChI=1S/C20H38O7S/c1-5-9-11-16(7-3)14-26-19(21)13-18(28(23,24)25)20(22)27-15-17(8-4)12-10-6-2/h16-18H,5-15H2,1-4H3,(H,23,24,25)/i14D2. The third kappa shape index (κ3) is 11.6. The molecule has 3 unspecified atom stereocenters. The predicted octanol–water partition coefficient (Wildman–Crippen LogP) is 4.15. The molecule has 0 rings (SSSR count). The van der Waals surface area contributed by atoms with Gasteiger partial charge in [0.15, 0.2) is 5.25 Å². The van der Waals surface area contributed by atoms with Gasteiger partial charge in [-0.2, -0.15) is 8.42 Å². The highest BCUT2D eigenvalue weighted by Gasteiger charge is 2.36. The van der Waals surface area contributed by atoms with Crippen LogP contribution in [0.3, 0.4) is 0 Å². The van der Waals surface area contributed by atoms with E-state index < -0.39 is 46.2 Å². The van der Waals surface area contributed by atoms with E-state index in [1.807, 2.05) is 20.8 Å². The van der Waals surface area contributed by atoms with E-state index in [2.05, 4.69) is 0 Å². The Morgan fingerprint density at radius 2 is 1.50 bits per heavy atom. The average Bonchev–Trinajstić information content (AvgIpc) is 2.65. The fraction of sp³-hybridized carbons (Fsp3) is 0.900. The Morgan fingerprint density at radius 3 is 1.96 bits per heavy atom. The van der Waals surface area contributed by atoms with Gasteiger partial charge < -0.3 is 9.47 Å². The lowest BCUT2D eigenvalue weighted by molar-refractivity contribution is -0.151.